The number of aromatic nitrogens is 1. The maximum absolute atomic E-state index is 14.0. The highest BCUT2D eigenvalue weighted by Crippen LogP contribution is 2.35. The molecule has 28 heavy (non-hydrogen) atoms. The molecule has 2 aliphatic rings. The molecule has 0 N–H and O–H groups in total. The molecule has 2 saturated heterocycles. The van der Waals surface area contributed by atoms with Crippen molar-refractivity contribution in [1.29, 1.82) is 0 Å². The second kappa shape index (κ2) is 7.75. The molecule has 9 heteroatoms. The van der Waals surface area contributed by atoms with Gasteiger partial charge in [0.05, 0.1) is 18.3 Å². The Labute approximate surface area is 164 Å². The normalized spacial score (nSPS) is 24.6. The van der Waals surface area contributed by atoms with Crippen molar-refractivity contribution in [2.45, 2.75) is 11.3 Å². The molecule has 4 rings (SSSR count). The maximum atomic E-state index is 14.0. The zero-order chi connectivity index (χ0) is 19.7. The molecule has 0 bridgehead atoms. The summed E-state index contributed by atoms with van der Waals surface area (Å²) in [4.78, 5) is 11.6. The first-order valence-electron chi connectivity index (χ1n) is 9.22. The number of hydrogen-bond acceptors (Lipinski definition) is 6. The molecule has 0 aliphatic carbocycles. The van der Waals surface area contributed by atoms with Gasteiger partial charge in [-0.05, 0) is 23.8 Å². The van der Waals surface area contributed by atoms with Crippen LogP contribution in [0.4, 0.5) is 10.1 Å². The smallest absolute Gasteiger partial charge is 0.221 e. The van der Waals surface area contributed by atoms with Crippen LogP contribution in [-0.4, -0.2) is 67.9 Å². The van der Waals surface area contributed by atoms with E-state index in [2.05, 4.69) is 4.98 Å². The number of hydroxylamine groups is 2. The predicted octanol–water partition coefficient (Wildman–Crippen LogP) is 1.66. The zero-order valence-electron chi connectivity index (χ0n) is 15.6. The van der Waals surface area contributed by atoms with Crippen LogP contribution in [0.2, 0.25) is 0 Å². The van der Waals surface area contributed by atoms with E-state index in [-0.39, 0.29) is 12.4 Å². The first-order chi connectivity index (χ1) is 13.5. The van der Waals surface area contributed by atoms with Gasteiger partial charge in [-0.15, -0.1) is 0 Å². The summed E-state index contributed by atoms with van der Waals surface area (Å²) in [6, 6.07) is 9.81. The molecule has 7 nitrogen and oxygen atoms in total. The summed E-state index contributed by atoms with van der Waals surface area (Å²) < 4.78 is 42.2. The quantitative estimate of drug-likeness (QED) is 0.770. The fourth-order valence-corrected chi connectivity index (χ4v) is 5.85. The van der Waals surface area contributed by atoms with Crippen LogP contribution in [0.5, 0.6) is 0 Å². The van der Waals surface area contributed by atoms with Crippen molar-refractivity contribution in [3.8, 4) is 0 Å². The Bertz CT molecular complexity index is 920. The van der Waals surface area contributed by atoms with E-state index in [1.165, 1.54) is 10.4 Å². The van der Waals surface area contributed by atoms with Crippen LogP contribution < -0.4 is 4.90 Å². The van der Waals surface area contributed by atoms with Crippen molar-refractivity contribution < 1.29 is 17.6 Å². The van der Waals surface area contributed by atoms with Crippen LogP contribution in [0, 0.1) is 5.82 Å². The Hall–Kier alpha value is -2.07. The summed E-state index contributed by atoms with van der Waals surface area (Å²) in [5.41, 5.74) is 1.32. The van der Waals surface area contributed by atoms with Gasteiger partial charge in [-0.3, -0.25) is 9.82 Å². The zero-order valence-corrected chi connectivity index (χ0v) is 16.4. The molecule has 3 heterocycles. The standard InChI is InChI=1S/C19H23FN4O3S/c1-22-19(15-5-4-8-21-13-15)18(14-27-22)28(25,26)24-11-9-23(10-12-24)17-7-3-2-6-16(17)20/h2-8,13,18-19H,9-12,14H2,1H3. The van der Waals surface area contributed by atoms with Gasteiger partial charge in [-0.25, -0.2) is 12.8 Å². The molecular formula is C19H23FN4O3S. The number of pyridine rings is 1. The Morgan fingerprint density at radius 1 is 1.11 bits per heavy atom. The molecule has 0 radical (unpaired) electrons. The summed E-state index contributed by atoms with van der Waals surface area (Å²) in [7, 11) is -1.85. The van der Waals surface area contributed by atoms with Crippen molar-refractivity contribution in [3.63, 3.8) is 0 Å². The maximum Gasteiger partial charge on any atom is 0.221 e. The Morgan fingerprint density at radius 3 is 2.54 bits per heavy atom. The van der Waals surface area contributed by atoms with Gasteiger partial charge >= 0.3 is 0 Å². The second-order valence-electron chi connectivity index (χ2n) is 6.99. The molecule has 2 aromatic rings. The molecule has 0 amide bonds. The summed E-state index contributed by atoms with van der Waals surface area (Å²) in [5.74, 6) is -0.290. The van der Waals surface area contributed by atoms with E-state index >= 15 is 0 Å². The first-order valence-corrected chi connectivity index (χ1v) is 10.7. The summed E-state index contributed by atoms with van der Waals surface area (Å²) in [6.07, 6.45) is 3.33. The molecule has 2 atom stereocenters. The van der Waals surface area contributed by atoms with E-state index < -0.39 is 21.3 Å². The van der Waals surface area contributed by atoms with E-state index in [4.69, 9.17) is 4.84 Å². The second-order valence-corrected chi connectivity index (χ2v) is 9.15. The third-order valence-electron chi connectivity index (χ3n) is 5.39. The molecule has 2 aliphatic heterocycles. The fraction of sp³-hybridized carbons (Fsp3) is 0.421. The molecule has 1 aromatic carbocycles. The van der Waals surface area contributed by atoms with Crippen LogP contribution in [0.3, 0.4) is 0 Å². The van der Waals surface area contributed by atoms with Gasteiger partial charge in [-0.2, -0.15) is 9.37 Å². The first kappa shape index (κ1) is 19.3. The van der Waals surface area contributed by atoms with E-state index in [1.54, 1.807) is 48.8 Å². The van der Waals surface area contributed by atoms with Crippen LogP contribution >= 0.6 is 0 Å². The lowest BCUT2D eigenvalue weighted by Crippen LogP contribution is -2.52. The van der Waals surface area contributed by atoms with Gasteiger partial charge in [0.25, 0.3) is 0 Å². The predicted molar refractivity (Wildman–Crippen MR) is 104 cm³/mol. The molecule has 0 saturated carbocycles. The van der Waals surface area contributed by atoms with Crippen LogP contribution in [0.1, 0.15) is 11.6 Å². The number of para-hydroxylation sites is 1. The fourth-order valence-electron chi connectivity index (χ4n) is 3.90. The number of nitrogens with zero attached hydrogens (tertiary/aromatic N) is 4. The highest BCUT2D eigenvalue weighted by atomic mass is 32.2. The molecule has 2 unspecified atom stereocenters. The Kier molecular flexibility index (Phi) is 5.33. The summed E-state index contributed by atoms with van der Waals surface area (Å²) >= 11 is 0. The van der Waals surface area contributed by atoms with Crippen LogP contribution in [0.15, 0.2) is 48.8 Å². The van der Waals surface area contributed by atoms with E-state index in [0.717, 1.165) is 5.56 Å². The van der Waals surface area contributed by atoms with Gasteiger partial charge < -0.3 is 4.90 Å². The summed E-state index contributed by atoms with van der Waals surface area (Å²) in [6.45, 7) is 1.63. The van der Waals surface area contributed by atoms with Gasteiger partial charge in [-0.1, -0.05) is 18.2 Å². The SMILES string of the molecule is CN1OCC(S(=O)(=O)N2CCN(c3ccccc3F)CC2)C1c1cccnc1. The highest BCUT2D eigenvalue weighted by molar-refractivity contribution is 7.89. The highest BCUT2D eigenvalue weighted by Gasteiger charge is 2.46. The molecular weight excluding hydrogens is 383 g/mol. The third kappa shape index (κ3) is 3.50. The lowest BCUT2D eigenvalue weighted by molar-refractivity contribution is -0.110. The Balaban J connectivity index is 1.51. The number of benzene rings is 1. The molecule has 1 aromatic heterocycles. The van der Waals surface area contributed by atoms with E-state index in [0.29, 0.717) is 31.9 Å². The van der Waals surface area contributed by atoms with E-state index in [9.17, 15) is 12.8 Å². The van der Waals surface area contributed by atoms with Crippen molar-refractivity contribution in [3.05, 3.63) is 60.2 Å². The number of hydrogen-bond donors (Lipinski definition) is 0. The van der Waals surface area contributed by atoms with Gasteiger partial charge in [0.2, 0.25) is 10.0 Å². The Morgan fingerprint density at radius 2 is 1.86 bits per heavy atom. The number of anilines is 1. The number of rotatable bonds is 4. The monoisotopic (exact) mass is 406 g/mol. The number of halogens is 1. The van der Waals surface area contributed by atoms with Crippen molar-refractivity contribution in [1.82, 2.24) is 14.4 Å². The number of sulfonamides is 1. The molecule has 150 valence electrons. The lowest BCUT2D eigenvalue weighted by Gasteiger charge is -2.37. The van der Waals surface area contributed by atoms with Gasteiger partial charge in [0, 0.05) is 45.6 Å². The van der Waals surface area contributed by atoms with Crippen molar-refractivity contribution in [2.24, 2.45) is 0 Å². The van der Waals surface area contributed by atoms with Gasteiger partial charge in [0.1, 0.15) is 11.1 Å². The third-order valence-corrected chi connectivity index (χ3v) is 7.63. The van der Waals surface area contributed by atoms with Crippen LogP contribution in [0.25, 0.3) is 0 Å². The topological polar surface area (TPSA) is 66.0 Å². The van der Waals surface area contributed by atoms with E-state index in [1.807, 2.05) is 11.0 Å². The minimum absolute atomic E-state index is 0.103. The van der Waals surface area contributed by atoms with Crippen LogP contribution in [-0.2, 0) is 14.9 Å². The largest absolute Gasteiger partial charge is 0.367 e. The van der Waals surface area contributed by atoms with Crippen molar-refractivity contribution in [2.75, 3.05) is 44.7 Å². The molecule has 2 fully saturated rings. The van der Waals surface area contributed by atoms with Crippen molar-refractivity contribution >= 4 is 15.7 Å². The lowest BCUT2D eigenvalue weighted by atomic mass is 10.1. The number of piperazine rings is 1. The average Bonchev–Trinajstić information content (AvgIpc) is 3.11. The summed E-state index contributed by atoms with van der Waals surface area (Å²) in [5, 5.41) is 0.885. The van der Waals surface area contributed by atoms with Gasteiger partial charge in [0.15, 0.2) is 0 Å². The minimum atomic E-state index is -3.59. The average molecular weight is 406 g/mol. The minimum Gasteiger partial charge on any atom is -0.367 e. The molecule has 0 spiro atoms.